The number of aliphatic imine (C=N–C) groups is 1. The molecule has 18 heavy (non-hydrogen) atoms. The van der Waals surface area contributed by atoms with E-state index in [1.54, 1.807) is 0 Å². The summed E-state index contributed by atoms with van der Waals surface area (Å²) in [5, 5.41) is 0. The zero-order chi connectivity index (χ0) is 13.0. The van der Waals surface area contributed by atoms with E-state index in [9.17, 15) is 0 Å². The van der Waals surface area contributed by atoms with Crippen LogP contribution in [-0.2, 0) is 0 Å². The molecular formula is C13H27N5. The summed E-state index contributed by atoms with van der Waals surface area (Å²) in [6.07, 6.45) is 2.87. The smallest absolute Gasteiger partial charge is 0.208 e. The van der Waals surface area contributed by atoms with Gasteiger partial charge in [0.1, 0.15) is 0 Å². The molecule has 0 atom stereocenters. The number of hydrazine groups is 1. The first-order valence-corrected chi connectivity index (χ1v) is 7.17. The second-order valence-corrected chi connectivity index (χ2v) is 5.93. The molecule has 2 aliphatic rings. The number of guanidine groups is 1. The van der Waals surface area contributed by atoms with Crippen LogP contribution in [0.2, 0.25) is 0 Å². The molecule has 1 heterocycles. The highest BCUT2D eigenvalue weighted by molar-refractivity contribution is 5.79. The van der Waals surface area contributed by atoms with Crippen LogP contribution < -0.4 is 11.3 Å². The molecule has 1 aliphatic heterocycles. The zero-order valence-electron chi connectivity index (χ0n) is 11.7. The molecule has 3 N–H and O–H groups in total. The topological polar surface area (TPSA) is 56.9 Å². The summed E-state index contributed by atoms with van der Waals surface area (Å²) < 4.78 is 0. The van der Waals surface area contributed by atoms with E-state index in [2.05, 4.69) is 34.1 Å². The summed E-state index contributed by atoms with van der Waals surface area (Å²) in [5.74, 6) is 7.99. The van der Waals surface area contributed by atoms with Gasteiger partial charge in [0.25, 0.3) is 0 Å². The van der Waals surface area contributed by atoms with Gasteiger partial charge in [-0.25, -0.2) is 5.84 Å². The van der Waals surface area contributed by atoms with Crippen LogP contribution in [0, 0.1) is 11.8 Å². The van der Waals surface area contributed by atoms with Crippen molar-refractivity contribution in [2.75, 3.05) is 39.3 Å². The van der Waals surface area contributed by atoms with Crippen molar-refractivity contribution >= 4 is 5.96 Å². The Hall–Kier alpha value is -0.810. The van der Waals surface area contributed by atoms with Crippen LogP contribution in [-0.4, -0.2) is 55.0 Å². The molecule has 0 amide bonds. The predicted molar refractivity (Wildman–Crippen MR) is 75.2 cm³/mol. The van der Waals surface area contributed by atoms with Gasteiger partial charge < -0.3 is 4.90 Å². The Morgan fingerprint density at radius 1 is 1.28 bits per heavy atom. The van der Waals surface area contributed by atoms with Crippen LogP contribution in [0.3, 0.4) is 0 Å². The molecule has 2 rings (SSSR count). The molecule has 0 radical (unpaired) electrons. The van der Waals surface area contributed by atoms with Crippen LogP contribution in [0.5, 0.6) is 0 Å². The first-order chi connectivity index (χ1) is 8.69. The number of piperazine rings is 1. The highest BCUT2D eigenvalue weighted by Crippen LogP contribution is 2.29. The average molecular weight is 253 g/mol. The molecule has 1 aliphatic carbocycles. The quantitative estimate of drug-likeness (QED) is 0.331. The molecule has 104 valence electrons. The van der Waals surface area contributed by atoms with Crippen molar-refractivity contribution in [3.05, 3.63) is 0 Å². The molecule has 2 fully saturated rings. The van der Waals surface area contributed by atoms with Gasteiger partial charge in [0, 0.05) is 39.3 Å². The Kier molecular flexibility index (Phi) is 4.83. The van der Waals surface area contributed by atoms with E-state index in [4.69, 9.17) is 5.84 Å². The van der Waals surface area contributed by atoms with Gasteiger partial charge in [0.2, 0.25) is 5.96 Å². The highest BCUT2D eigenvalue weighted by Gasteiger charge is 2.26. The van der Waals surface area contributed by atoms with Crippen molar-refractivity contribution in [1.29, 1.82) is 0 Å². The number of nitrogens with zero attached hydrogens (tertiary/aromatic N) is 3. The monoisotopic (exact) mass is 253 g/mol. The van der Waals surface area contributed by atoms with E-state index >= 15 is 0 Å². The minimum Gasteiger partial charge on any atom is -0.339 e. The summed E-state index contributed by atoms with van der Waals surface area (Å²) in [5.41, 5.74) is 2.75. The van der Waals surface area contributed by atoms with Crippen LogP contribution in [0.1, 0.15) is 26.7 Å². The second-order valence-electron chi connectivity index (χ2n) is 5.93. The number of hydrogen-bond donors (Lipinski definition) is 2. The molecule has 5 heteroatoms. The molecule has 1 saturated heterocycles. The van der Waals surface area contributed by atoms with E-state index in [1.165, 1.54) is 19.4 Å². The van der Waals surface area contributed by atoms with Crippen LogP contribution in [0.25, 0.3) is 0 Å². The van der Waals surface area contributed by atoms with Gasteiger partial charge in [0.15, 0.2) is 0 Å². The summed E-state index contributed by atoms with van der Waals surface area (Å²) >= 11 is 0. The Balaban J connectivity index is 1.77. The zero-order valence-corrected chi connectivity index (χ0v) is 11.7. The lowest BCUT2D eigenvalue weighted by Gasteiger charge is -2.36. The fourth-order valence-electron chi connectivity index (χ4n) is 2.31. The first-order valence-electron chi connectivity index (χ1n) is 7.17. The third-order valence-electron chi connectivity index (χ3n) is 3.62. The molecule has 0 spiro atoms. The summed E-state index contributed by atoms with van der Waals surface area (Å²) in [6.45, 7) is 10.8. The average Bonchev–Trinajstić information content (AvgIpc) is 3.15. The fourth-order valence-corrected chi connectivity index (χ4v) is 2.31. The largest absolute Gasteiger partial charge is 0.339 e. The van der Waals surface area contributed by atoms with Gasteiger partial charge in [-0.05, 0) is 24.7 Å². The second kappa shape index (κ2) is 6.38. The maximum Gasteiger partial charge on any atom is 0.208 e. The van der Waals surface area contributed by atoms with Gasteiger partial charge >= 0.3 is 0 Å². The van der Waals surface area contributed by atoms with Crippen LogP contribution in [0.15, 0.2) is 4.99 Å². The standard InChI is InChI=1S/C13H27N5/c1-11(2)9-15-13(16-14)18-7-5-17(6-8-18)10-12-3-4-12/h11-12H,3-10,14H2,1-2H3,(H,15,16). The molecule has 0 aromatic heterocycles. The van der Waals surface area contributed by atoms with Crippen molar-refractivity contribution < 1.29 is 0 Å². The Morgan fingerprint density at radius 2 is 1.94 bits per heavy atom. The lowest BCUT2D eigenvalue weighted by atomic mass is 10.2. The van der Waals surface area contributed by atoms with Gasteiger partial charge in [-0.1, -0.05) is 13.8 Å². The summed E-state index contributed by atoms with van der Waals surface area (Å²) in [4.78, 5) is 9.40. The summed E-state index contributed by atoms with van der Waals surface area (Å²) in [7, 11) is 0. The lowest BCUT2D eigenvalue weighted by molar-refractivity contribution is 0.173. The van der Waals surface area contributed by atoms with Crippen molar-refractivity contribution in [3.8, 4) is 0 Å². The molecule has 0 unspecified atom stereocenters. The van der Waals surface area contributed by atoms with Gasteiger partial charge in [-0.3, -0.25) is 15.3 Å². The van der Waals surface area contributed by atoms with E-state index < -0.39 is 0 Å². The summed E-state index contributed by atoms with van der Waals surface area (Å²) in [6, 6.07) is 0. The molecule has 5 nitrogen and oxygen atoms in total. The molecule has 0 aromatic carbocycles. The normalized spacial score (nSPS) is 22.7. The lowest BCUT2D eigenvalue weighted by Crippen LogP contribution is -2.54. The maximum absolute atomic E-state index is 5.58. The molecule has 1 saturated carbocycles. The van der Waals surface area contributed by atoms with E-state index in [1.807, 2.05) is 0 Å². The Labute approximate surface area is 110 Å². The van der Waals surface area contributed by atoms with Crippen molar-refractivity contribution in [3.63, 3.8) is 0 Å². The van der Waals surface area contributed by atoms with E-state index in [0.29, 0.717) is 5.92 Å². The molecule has 0 aromatic rings. The van der Waals surface area contributed by atoms with Crippen molar-refractivity contribution in [2.45, 2.75) is 26.7 Å². The van der Waals surface area contributed by atoms with Crippen molar-refractivity contribution in [2.24, 2.45) is 22.7 Å². The first kappa shape index (κ1) is 13.6. The number of hydrogen-bond acceptors (Lipinski definition) is 3. The van der Waals surface area contributed by atoms with Crippen molar-refractivity contribution in [1.82, 2.24) is 15.2 Å². The Morgan fingerprint density at radius 3 is 2.44 bits per heavy atom. The predicted octanol–water partition coefficient (Wildman–Crippen LogP) is 0.489. The third kappa shape index (κ3) is 4.14. The minimum absolute atomic E-state index is 0.574. The number of rotatable bonds is 4. The molecular weight excluding hydrogens is 226 g/mol. The highest BCUT2D eigenvalue weighted by atomic mass is 15.4. The molecule has 0 bridgehead atoms. The Bertz CT molecular complexity index is 277. The van der Waals surface area contributed by atoms with Gasteiger partial charge in [-0.2, -0.15) is 0 Å². The van der Waals surface area contributed by atoms with Gasteiger partial charge in [0.05, 0.1) is 0 Å². The fraction of sp³-hybridized carbons (Fsp3) is 0.923. The minimum atomic E-state index is 0.574. The van der Waals surface area contributed by atoms with Crippen LogP contribution in [0.4, 0.5) is 0 Å². The number of nitrogens with two attached hydrogens (primary N) is 1. The number of nitrogens with one attached hydrogen (secondary N) is 1. The third-order valence-corrected chi connectivity index (χ3v) is 3.62. The maximum atomic E-state index is 5.58. The van der Waals surface area contributed by atoms with E-state index in [0.717, 1.165) is 44.6 Å². The van der Waals surface area contributed by atoms with E-state index in [-0.39, 0.29) is 0 Å². The SMILES string of the molecule is CC(C)CN=C(NN)N1CCN(CC2CC2)CC1. The van der Waals surface area contributed by atoms with Gasteiger partial charge in [-0.15, -0.1) is 0 Å². The van der Waals surface area contributed by atoms with Crippen LogP contribution >= 0.6 is 0 Å².